The molecule has 2 nitrogen and oxygen atoms in total. The Morgan fingerprint density at radius 1 is 1.29 bits per heavy atom. The Balaban J connectivity index is 2.49. The van der Waals surface area contributed by atoms with Gasteiger partial charge in [-0.15, -0.1) is 0 Å². The van der Waals surface area contributed by atoms with Crippen molar-refractivity contribution in [2.45, 2.75) is 25.9 Å². The second kappa shape index (κ2) is 5.70. The predicted octanol–water partition coefficient (Wildman–Crippen LogP) is 3.61. The second-order valence-corrected chi connectivity index (χ2v) is 3.62. The SMILES string of the molecule is CC(=O)c1ccccc1OCCCC(F)(F)F. The molecule has 5 heteroatoms. The third kappa shape index (κ3) is 4.89. The van der Waals surface area contributed by atoms with Crippen LogP contribution in [0.15, 0.2) is 24.3 Å². The summed E-state index contributed by atoms with van der Waals surface area (Å²) in [4.78, 5) is 11.2. The summed E-state index contributed by atoms with van der Waals surface area (Å²) >= 11 is 0. The fourth-order valence-electron chi connectivity index (χ4n) is 1.34. The van der Waals surface area contributed by atoms with E-state index < -0.39 is 12.6 Å². The van der Waals surface area contributed by atoms with E-state index in [1.165, 1.54) is 6.92 Å². The number of benzene rings is 1. The third-order valence-electron chi connectivity index (χ3n) is 2.13. The van der Waals surface area contributed by atoms with E-state index in [1.807, 2.05) is 0 Å². The second-order valence-electron chi connectivity index (χ2n) is 3.62. The molecular weight excluding hydrogens is 233 g/mol. The molecule has 0 saturated carbocycles. The smallest absolute Gasteiger partial charge is 0.389 e. The quantitative estimate of drug-likeness (QED) is 0.586. The monoisotopic (exact) mass is 246 g/mol. The molecule has 0 radical (unpaired) electrons. The molecule has 94 valence electrons. The van der Waals surface area contributed by atoms with Crippen molar-refractivity contribution in [3.63, 3.8) is 0 Å². The maximum Gasteiger partial charge on any atom is 0.389 e. The van der Waals surface area contributed by atoms with Gasteiger partial charge in [0.25, 0.3) is 0 Å². The van der Waals surface area contributed by atoms with Crippen molar-refractivity contribution in [1.29, 1.82) is 0 Å². The number of rotatable bonds is 5. The number of alkyl halides is 3. The number of hydrogen-bond acceptors (Lipinski definition) is 2. The highest BCUT2D eigenvalue weighted by atomic mass is 19.4. The zero-order chi connectivity index (χ0) is 12.9. The fraction of sp³-hybridized carbons (Fsp3) is 0.417. The number of para-hydroxylation sites is 1. The number of hydrogen-bond donors (Lipinski definition) is 0. The molecule has 0 spiro atoms. The highest BCUT2D eigenvalue weighted by molar-refractivity contribution is 5.96. The molecule has 0 fully saturated rings. The van der Waals surface area contributed by atoms with Gasteiger partial charge in [-0.3, -0.25) is 4.79 Å². The summed E-state index contributed by atoms with van der Waals surface area (Å²) in [5, 5.41) is 0. The van der Waals surface area contributed by atoms with Crippen molar-refractivity contribution in [3.8, 4) is 5.75 Å². The standard InChI is InChI=1S/C12H13F3O2/c1-9(16)10-5-2-3-6-11(10)17-8-4-7-12(13,14)15/h2-3,5-6H,4,7-8H2,1H3. The summed E-state index contributed by atoms with van der Waals surface area (Å²) in [6.45, 7) is 1.34. The van der Waals surface area contributed by atoms with Crippen LogP contribution in [0.2, 0.25) is 0 Å². The Morgan fingerprint density at radius 3 is 2.53 bits per heavy atom. The van der Waals surface area contributed by atoms with Crippen LogP contribution in [0.1, 0.15) is 30.1 Å². The van der Waals surface area contributed by atoms with Gasteiger partial charge in [-0.05, 0) is 25.5 Å². The van der Waals surface area contributed by atoms with Crippen LogP contribution in [-0.4, -0.2) is 18.6 Å². The van der Waals surface area contributed by atoms with Crippen LogP contribution < -0.4 is 4.74 Å². The van der Waals surface area contributed by atoms with Gasteiger partial charge in [-0.1, -0.05) is 12.1 Å². The highest BCUT2D eigenvalue weighted by Gasteiger charge is 2.26. The van der Waals surface area contributed by atoms with Gasteiger partial charge >= 0.3 is 6.18 Å². The number of ether oxygens (including phenoxy) is 1. The first-order valence-electron chi connectivity index (χ1n) is 5.19. The molecule has 17 heavy (non-hydrogen) atoms. The lowest BCUT2D eigenvalue weighted by Gasteiger charge is -2.10. The van der Waals surface area contributed by atoms with Crippen molar-refractivity contribution in [3.05, 3.63) is 29.8 Å². The summed E-state index contributed by atoms with van der Waals surface area (Å²) in [5.74, 6) is 0.165. The Labute approximate surface area is 97.4 Å². The van der Waals surface area contributed by atoms with E-state index in [4.69, 9.17) is 4.74 Å². The van der Waals surface area contributed by atoms with E-state index in [0.717, 1.165) is 0 Å². The van der Waals surface area contributed by atoms with Crippen molar-refractivity contribution in [2.24, 2.45) is 0 Å². The number of carbonyl (C=O) groups is 1. The normalized spacial score (nSPS) is 11.3. The molecule has 1 rings (SSSR count). The lowest BCUT2D eigenvalue weighted by molar-refractivity contribution is -0.136. The topological polar surface area (TPSA) is 26.3 Å². The van der Waals surface area contributed by atoms with Gasteiger partial charge in [0.15, 0.2) is 5.78 Å². The average Bonchev–Trinajstić information content (AvgIpc) is 2.23. The maximum absolute atomic E-state index is 11.9. The lowest BCUT2D eigenvalue weighted by atomic mass is 10.1. The minimum atomic E-state index is -4.16. The molecule has 0 atom stereocenters. The van der Waals surface area contributed by atoms with Gasteiger partial charge in [-0.2, -0.15) is 13.2 Å². The number of carbonyl (C=O) groups excluding carboxylic acids is 1. The summed E-state index contributed by atoms with van der Waals surface area (Å²) in [5.41, 5.74) is 0.388. The van der Waals surface area contributed by atoms with E-state index in [-0.39, 0.29) is 18.8 Å². The van der Waals surface area contributed by atoms with Crippen LogP contribution in [0.3, 0.4) is 0 Å². The molecule has 0 unspecified atom stereocenters. The first kappa shape index (κ1) is 13.5. The van der Waals surface area contributed by atoms with E-state index in [1.54, 1.807) is 24.3 Å². The van der Waals surface area contributed by atoms with Crippen LogP contribution in [0.4, 0.5) is 13.2 Å². The summed E-state index contributed by atoms with van der Waals surface area (Å²) in [6.07, 6.45) is -5.16. The predicted molar refractivity (Wildman–Crippen MR) is 57.2 cm³/mol. The first-order valence-corrected chi connectivity index (χ1v) is 5.19. The lowest BCUT2D eigenvalue weighted by Crippen LogP contribution is -2.10. The minimum Gasteiger partial charge on any atom is -0.493 e. The Bertz CT molecular complexity index is 386. The minimum absolute atomic E-state index is 0.0518. The van der Waals surface area contributed by atoms with Gasteiger partial charge in [0, 0.05) is 6.42 Å². The molecule has 0 aliphatic rings. The van der Waals surface area contributed by atoms with E-state index in [0.29, 0.717) is 11.3 Å². The fourth-order valence-corrected chi connectivity index (χ4v) is 1.34. The molecule has 0 amide bonds. The van der Waals surface area contributed by atoms with Crippen LogP contribution in [-0.2, 0) is 0 Å². The van der Waals surface area contributed by atoms with Gasteiger partial charge in [0.2, 0.25) is 0 Å². The Morgan fingerprint density at radius 2 is 1.94 bits per heavy atom. The maximum atomic E-state index is 11.9. The van der Waals surface area contributed by atoms with Crippen LogP contribution >= 0.6 is 0 Å². The largest absolute Gasteiger partial charge is 0.493 e. The Hall–Kier alpha value is -1.52. The zero-order valence-corrected chi connectivity index (χ0v) is 9.38. The molecular formula is C12H13F3O2. The van der Waals surface area contributed by atoms with Gasteiger partial charge in [-0.25, -0.2) is 0 Å². The highest BCUT2D eigenvalue weighted by Crippen LogP contribution is 2.22. The van der Waals surface area contributed by atoms with Crippen molar-refractivity contribution in [2.75, 3.05) is 6.61 Å². The third-order valence-corrected chi connectivity index (χ3v) is 2.13. The molecule has 0 saturated heterocycles. The summed E-state index contributed by atoms with van der Waals surface area (Å²) < 4.78 is 40.8. The molecule has 1 aromatic rings. The molecule has 0 aliphatic heterocycles. The number of halogens is 3. The zero-order valence-electron chi connectivity index (χ0n) is 9.38. The molecule has 0 N–H and O–H groups in total. The molecule has 0 heterocycles. The van der Waals surface area contributed by atoms with Crippen LogP contribution in [0.25, 0.3) is 0 Å². The molecule has 0 aromatic heterocycles. The van der Waals surface area contributed by atoms with Gasteiger partial charge in [0.1, 0.15) is 5.75 Å². The van der Waals surface area contributed by atoms with E-state index in [9.17, 15) is 18.0 Å². The summed E-state index contributed by atoms with van der Waals surface area (Å²) in [7, 11) is 0. The van der Waals surface area contributed by atoms with Crippen LogP contribution in [0.5, 0.6) is 5.75 Å². The van der Waals surface area contributed by atoms with Crippen LogP contribution in [0, 0.1) is 0 Å². The van der Waals surface area contributed by atoms with Crippen molar-refractivity contribution < 1.29 is 22.7 Å². The Kier molecular flexibility index (Phi) is 4.54. The average molecular weight is 246 g/mol. The van der Waals surface area contributed by atoms with Gasteiger partial charge < -0.3 is 4.74 Å². The van der Waals surface area contributed by atoms with E-state index in [2.05, 4.69) is 0 Å². The summed E-state index contributed by atoms with van der Waals surface area (Å²) in [6, 6.07) is 6.51. The first-order chi connectivity index (χ1) is 7.90. The number of ketones is 1. The van der Waals surface area contributed by atoms with E-state index >= 15 is 0 Å². The van der Waals surface area contributed by atoms with Gasteiger partial charge in [0.05, 0.1) is 12.2 Å². The van der Waals surface area contributed by atoms with Crippen molar-refractivity contribution >= 4 is 5.78 Å². The molecule has 0 aliphatic carbocycles. The molecule has 0 bridgehead atoms. The van der Waals surface area contributed by atoms with Crippen molar-refractivity contribution in [1.82, 2.24) is 0 Å². The molecule has 1 aromatic carbocycles. The number of Topliss-reactive ketones (excluding diaryl/α,β-unsaturated/α-hetero) is 1.